The summed E-state index contributed by atoms with van der Waals surface area (Å²) in [4.78, 5) is 34.1. The first kappa shape index (κ1) is 19.3. The first-order valence-electron chi connectivity index (χ1n) is 7.83. The summed E-state index contributed by atoms with van der Waals surface area (Å²) in [6, 6.07) is 14.0. The van der Waals surface area contributed by atoms with Crippen molar-refractivity contribution in [2.45, 2.75) is 13.0 Å². The summed E-state index contributed by atoms with van der Waals surface area (Å²) in [5.41, 5.74) is 1.15. The molecule has 0 radical (unpaired) electrons. The Balaban J connectivity index is 1.94. The molecule has 2 aromatic rings. The highest BCUT2D eigenvalue weighted by molar-refractivity contribution is 5.96. The van der Waals surface area contributed by atoms with Crippen LogP contribution in [0.5, 0.6) is 0 Å². The molecule has 27 heavy (non-hydrogen) atoms. The second-order valence-electron chi connectivity index (χ2n) is 5.45. The molecule has 0 aliphatic heterocycles. The van der Waals surface area contributed by atoms with Crippen LogP contribution in [0.3, 0.4) is 0 Å². The van der Waals surface area contributed by atoms with E-state index in [2.05, 4.69) is 5.32 Å². The van der Waals surface area contributed by atoms with E-state index in [1.165, 1.54) is 37.3 Å². The van der Waals surface area contributed by atoms with Crippen LogP contribution >= 0.6 is 0 Å². The summed E-state index contributed by atoms with van der Waals surface area (Å²) in [6.07, 6.45) is 1.37. The number of nitrogens with zero attached hydrogens (tertiary/aromatic N) is 2. The van der Waals surface area contributed by atoms with Gasteiger partial charge in [-0.2, -0.15) is 5.26 Å². The fraction of sp³-hybridized carbons (Fsp3) is 0.105. The van der Waals surface area contributed by atoms with Gasteiger partial charge in [0.2, 0.25) is 0 Å². The van der Waals surface area contributed by atoms with Gasteiger partial charge < -0.3 is 10.1 Å². The number of carbonyl (C=O) groups is 2. The molecule has 1 amide bonds. The van der Waals surface area contributed by atoms with E-state index in [0.717, 1.165) is 6.08 Å². The fourth-order valence-corrected chi connectivity index (χ4v) is 2.08. The molecular weight excluding hydrogens is 350 g/mol. The summed E-state index contributed by atoms with van der Waals surface area (Å²) in [5.74, 6) is -1.32. The zero-order chi connectivity index (χ0) is 19.8. The lowest BCUT2D eigenvalue weighted by molar-refractivity contribution is -0.384. The van der Waals surface area contributed by atoms with E-state index in [4.69, 9.17) is 10.00 Å². The molecule has 8 heteroatoms. The van der Waals surface area contributed by atoms with E-state index in [-0.39, 0.29) is 5.69 Å². The van der Waals surface area contributed by atoms with E-state index < -0.39 is 22.9 Å². The van der Waals surface area contributed by atoms with E-state index in [1.54, 1.807) is 24.3 Å². The van der Waals surface area contributed by atoms with Crippen molar-refractivity contribution in [1.82, 2.24) is 0 Å². The maximum Gasteiger partial charge on any atom is 0.331 e. The Morgan fingerprint density at radius 1 is 1.26 bits per heavy atom. The number of nitrogens with one attached hydrogen (secondary N) is 1. The van der Waals surface area contributed by atoms with Crippen LogP contribution in [0.15, 0.2) is 54.6 Å². The van der Waals surface area contributed by atoms with Crippen molar-refractivity contribution >= 4 is 29.3 Å². The summed E-state index contributed by atoms with van der Waals surface area (Å²) in [6.45, 7) is 1.41. The van der Waals surface area contributed by atoms with E-state index in [1.807, 2.05) is 6.07 Å². The Labute approximate surface area is 154 Å². The molecule has 1 atom stereocenters. The molecule has 0 saturated carbocycles. The van der Waals surface area contributed by atoms with E-state index in [9.17, 15) is 19.7 Å². The number of non-ortho nitro benzene ring substituents is 1. The van der Waals surface area contributed by atoms with Gasteiger partial charge in [0.25, 0.3) is 11.6 Å². The summed E-state index contributed by atoms with van der Waals surface area (Å²) < 4.78 is 5.00. The Hall–Kier alpha value is -3.99. The van der Waals surface area contributed by atoms with Gasteiger partial charge in [-0.1, -0.05) is 18.2 Å². The Morgan fingerprint density at radius 2 is 2.00 bits per heavy atom. The van der Waals surface area contributed by atoms with Gasteiger partial charge >= 0.3 is 5.97 Å². The predicted octanol–water partition coefficient (Wildman–Crippen LogP) is 3.05. The Kier molecular flexibility index (Phi) is 6.39. The van der Waals surface area contributed by atoms with Crippen LogP contribution in [-0.2, 0) is 14.3 Å². The summed E-state index contributed by atoms with van der Waals surface area (Å²) in [5, 5.41) is 22.1. The largest absolute Gasteiger partial charge is 0.449 e. The van der Waals surface area contributed by atoms with Gasteiger partial charge in [-0.05, 0) is 36.8 Å². The van der Waals surface area contributed by atoms with Crippen molar-refractivity contribution < 1.29 is 19.2 Å². The van der Waals surface area contributed by atoms with Gasteiger partial charge in [-0.3, -0.25) is 14.9 Å². The minimum Gasteiger partial charge on any atom is -0.449 e. The van der Waals surface area contributed by atoms with Gasteiger partial charge in [0.05, 0.1) is 16.6 Å². The molecule has 0 aromatic heterocycles. The third-order valence-electron chi connectivity index (χ3n) is 3.41. The van der Waals surface area contributed by atoms with Gasteiger partial charge in [0, 0.05) is 23.9 Å². The van der Waals surface area contributed by atoms with Crippen molar-refractivity contribution in [3.05, 3.63) is 75.8 Å². The summed E-state index contributed by atoms with van der Waals surface area (Å²) >= 11 is 0. The van der Waals surface area contributed by atoms with Crippen LogP contribution in [0.25, 0.3) is 6.08 Å². The number of nitriles is 1. The van der Waals surface area contributed by atoms with E-state index in [0.29, 0.717) is 16.8 Å². The number of benzene rings is 2. The van der Waals surface area contributed by atoms with Crippen LogP contribution in [0.2, 0.25) is 0 Å². The van der Waals surface area contributed by atoms with Crippen LogP contribution in [0.1, 0.15) is 18.1 Å². The second kappa shape index (κ2) is 8.92. The molecule has 0 aliphatic carbocycles. The predicted molar refractivity (Wildman–Crippen MR) is 97.5 cm³/mol. The molecule has 0 bridgehead atoms. The van der Waals surface area contributed by atoms with Gasteiger partial charge in [0.1, 0.15) is 0 Å². The SMILES string of the molecule is C[C@@H](OC(=O)/C=C/c1cccc([N+](=O)[O-])c1)C(=O)Nc1cccc(C#N)c1. The van der Waals surface area contributed by atoms with Crippen molar-refractivity contribution in [3.8, 4) is 6.07 Å². The van der Waals surface area contributed by atoms with Gasteiger partial charge in [0.15, 0.2) is 6.10 Å². The van der Waals surface area contributed by atoms with E-state index >= 15 is 0 Å². The lowest BCUT2D eigenvalue weighted by Crippen LogP contribution is -2.29. The molecule has 2 aromatic carbocycles. The number of hydrogen-bond acceptors (Lipinski definition) is 6. The normalized spacial score (nSPS) is 11.4. The quantitative estimate of drug-likeness (QED) is 0.363. The topological polar surface area (TPSA) is 122 Å². The maximum atomic E-state index is 12.1. The third kappa shape index (κ3) is 5.79. The monoisotopic (exact) mass is 365 g/mol. The number of rotatable bonds is 6. The second-order valence-corrected chi connectivity index (χ2v) is 5.45. The number of nitro benzene ring substituents is 1. The van der Waals surface area contributed by atoms with Gasteiger partial charge in [-0.25, -0.2) is 4.79 Å². The lowest BCUT2D eigenvalue weighted by atomic mass is 10.2. The average molecular weight is 365 g/mol. The van der Waals surface area contributed by atoms with Crippen LogP contribution in [-0.4, -0.2) is 22.9 Å². The number of ether oxygens (including phenoxy) is 1. The number of amides is 1. The number of hydrogen-bond donors (Lipinski definition) is 1. The van der Waals surface area contributed by atoms with Crippen molar-refractivity contribution in [1.29, 1.82) is 5.26 Å². The average Bonchev–Trinajstić information content (AvgIpc) is 2.66. The molecule has 136 valence electrons. The van der Waals surface area contributed by atoms with Crippen LogP contribution in [0, 0.1) is 21.4 Å². The zero-order valence-electron chi connectivity index (χ0n) is 14.3. The Morgan fingerprint density at radius 3 is 2.70 bits per heavy atom. The minimum atomic E-state index is -1.07. The fourth-order valence-electron chi connectivity index (χ4n) is 2.08. The highest BCUT2D eigenvalue weighted by atomic mass is 16.6. The molecule has 0 spiro atoms. The zero-order valence-corrected chi connectivity index (χ0v) is 14.3. The van der Waals surface area contributed by atoms with Crippen molar-refractivity contribution in [2.24, 2.45) is 0 Å². The summed E-state index contributed by atoms with van der Waals surface area (Å²) in [7, 11) is 0. The molecule has 0 saturated heterocycles. The first-order chi connectivity index (χ1) is 12.9. The van der Waals surface area contributed by atoms with Gasteiger partial charge in [-0.15, -0.1) is 0 Å². The van der Waals surface area contributed by atoms with Crippen LogP contribution < -0.4 is 5.32 Å². The third-order valence-corrected chi connectivity index (χ3v) is 3.41. The molecule has 0 fully saturated rings. The number of carbonyl (C=O) groups excluding carboxylic acids is 2. The molecular formula is C19H15N3O5. The number of nitro groups is 1. The van der Waals surface area contributed by atoms with Crippen LogP contribution in [0.4, 0.5) is 11.4 Å². The number of anilines is 1. The molecule has 2 rings (SSSR count). The molecule has 0 unspecified atom stereocenters. The first-order valence-corrected chi connectivity index (χ1v) is 7.83. The van der Waals surface area contributed by atoms with Crippen molar-refractivity contribution in [3.63, 3.8) is 0 Å². The minimum absolute atomic E-state index is 0.0992. The Bertz CT molecular complexity index is 946. The standard InChI is InChI=1S/C19H15N3O5/c1-13(19(24)21-16-6-2-5-15(10-16)12-20)27-18(23)9-8-14-4-3-7-17(11-14)22(25)26/h2-11,13H,1H3,(H,21,24)/b9-8+/t13-/m1/s1. The smallest absolute Gasteiger partial charge is 0.331 e. The molecule has 8 nitrogen and oxygen atoms in total. The van der Waals surface area contributed by atoms with Crippen molar-refractivity contribution in [2.75, 3.05) is 5.32 Å². The molecule has 0 aliphatic rings. The highest BCUT2D eigenvalue weighted by Crippen LogP contribution is 2.14. The lowest BCUT2D eigenvalue weighted by Gasteiger charge is -2.12. The maximum absolute atomic E-state index is 12.1. The molecule has 0 heterocycles. The molecule has 1 N–H and O–H groups in total. The number of esters is 1. The highest BCUT2D eigenvalue weighted by Gasteiger charge is 2.17.